The summed E-state index contributed by atoms with van der Waals surface area (Å²) in [6.07, 6.45) is -0.841. The van der Waals surface area contributed by atoms with E-state index in [0.29, 0.717) is 21.0 Å². The van der Waals surface area contributed by atoms with Crippen LogP contribution in [-0.4, -0.2) is 21.7 Å². The van der Waals surface area contributed by atoms with Gasteiger partial charge < -0.3 is 9.72 Å². The first-order valence-electron chi connectivity index (χ1n) is 8.17. The maximum Gasteiger partial charge on any atom is 0.282 e. The van der Waals surface area contributed by atoms with E-state index in [4.69, 9.17) is 28.6 Å². The number of aromatic amines is 1. The highest BCUT2D eigenvalue weighted by Gasteiger charge is 2.18. The Bertz CT molecular complexity index is 1140. The van der Waals surface area contributed by atoms with Gasteiger partial charge in [-0.3, -0.25) is 15.0 Å². The summed E-state index contributed by atoms with van der Waals surface area (Å²) >= 11 is 12.8. The first-order chi connectivity index (χ1) is 12.7. The Morgan fingerprint density at radius 2 is 1.93 bits per heavy atom. The standard InChI is InChI=1S/C18H18ClN3O3S2/c1-8-5-12(6-9(2)14(8)19)25-11(4)15(23)21-22-17(24)13-7-10(3)27-16(13)20-18(22)26/h5-7,11H,1-4H3,(H,20,26)(H,21,23). The molecule has 1 unspecified atom stereocenters. The predicted octanol–water partition coefficient (Wildman–Crippen LogP) is 4.24. The van der Waals surface area contributed by atoms with Crippen LogP contribution < -0.4 is 15.7 Å². The molecule has 9 heteroatoms. The minimum Gasteiger partial charge on any atom is -0.481 e. The maximum atomic E-state index is 12.6. The van der Waals surface area contributed by atoms with Gasteiger partial charge in [-0.2, -0.15) is 4.68 Å². The van der Waals surface area contributed by atoms with E-state index in [2.05, 4.69) is 10.4 Å². The van der Waals surface area contributed by atoms with Gasteiger partial charge in [0.25, 0.3) is 11.5 Å². The first kappa shape index (κ1) is 19.6. The van der Waals surface area contributed by atoms with E-state index >= 15 is 0 Å². The quantitative estimate of drug-likeness (QED) is 0.615. The summed E-state index contributed by atoms with van der Waals surface area (Å²) in [6, 6.07) is 5.28. The minimum absolute atomic E-state index is 0.119. The lowest BCUT2D eigenvalue weighted by atomic mass is 10.1. The number of carbonyl (C=O) groups is 1. The van der Waals surface area contributed by atoms with Crippen molar-refractivity contribution in [2.75, 3.05) is 5.43 Å². The summed E-state index contributed by atoms with van der Waals surface area (Å²) in [7, 11) is 0. The Kier molecular flexibility index (Phi) is 5.41. The topological polar surface area (TPSA) is 76.1 Å². The van der Waals surface area contributed by atoms with Gasteiger partial charge in [-0.15, -0.1) is 11.3 Å². The molecule has 3 rings (SSSR count). The summed E-state index contributed by atoms with van der Waals surface area (Å²) in [5.41, 5.74) is 3.86. The molecule has 2 heterocycles. The van der Waals surface area contributed by atoms with Crippen molar-refractivity contribution in [3.63, 3.8) is 0 Å². The Labute approximate surface area is 169 Å². The summed E-state index contributed by atoms with van der Waals surface area (Å²) in [6.45, 7) is 7.23. The van der Waals surface area contributed by atoms with Gasteiger partial charge in [-0.1, -0.05) is 11.6 Å². The van der Waals surface area contributed by atoms with Crippen LogP contribution in [0.25, 0.3) is 10.2 Å². The molecule has 1 amide bonds. The highest BCUT2D eigenvalue weighted by Crippen LogP contribution is 2.26. The second-order valence-corrected chi connectivity index (χ2v) is 8.30. The van der Waals surface area contributed by atoms with Crippen LogP contribution in [0.15, 0.2) is 23.0 Å². The number of fused-ring (bicyclic) bond motifs is 1. The molecule has 0 spiro atoms. The lowest BCUT2D eigenvalue weighted by Crippen LogP contribution is -2.40. The smallest absolute Gasteiger partial charge is 0.282 e. The normalized spacial score (nSPS) is 12.2. The second kappa shape index (κ2) is 7.46. The molecule has 0 saturated heterocycles. The highest BCUT2D eigenvalue weighted by molar-refractivity contribution is 7.71. The molecule has 27 heavy (non-hydrogen) atoms. The molecule has 0 radical (unpaired) electrons. The fraction of sp³-hybridized carbons (Fsp3) is 0.278. The van der Waals surface area contributed by atoms with Gasteiger partial charge in [0.15, 0.2) is 6.10 Å². The van der Waals surface area contributed by atoms with E-state index in [9.17, 15) is 9.59 Å². The van der Waals surface area contributed by atoms with E-state index in [1.807, 2.05) is 20.8 Å². The molecule has 142 valence electrons. The molecule has 1 aromatic carbocycles. The SMILES string of the molecule is Cc1cc2c(=O)n(NC(=O)C(C)Oc3cc(C)c(Cl)c(C)c3)c(=S)[nH]c2s1. The number of carbonyl (C=O) groups excluding carboxylic acids is 1. The van der Waals surface area contributed by atoms with Gasteiger partial charge in [0, 0.05) is 9.90 Å². The number of thiophene rings is 1. The number of H-pyrrole nitrogens is 1. The zero-order valence-electron chi connectivity index (χ0n) is 15.2. The molecule has 0 aliphatic heterocycles. The van der Waals surface area contributed by atoms with Crippen molar-refractivity contribution >= 4 is 51.3 Å². The molecule has 0 saturated carbocycles. The largest absolute Gasteiger partial charge is 0.481 e. The van der Waals surface area contributed by atoms with E-state index < -0.39 is 12.0 Å². The monoisotopic (exact) mass is 423 g/mol. The number of nitrogens with one attached hydrogen (secondary N) is 2. The number of ether oxygens (including phenoxy) is 1. The number of aromatic nitrogens is 2. The summed E-state index contributed by atoms with van der Waals surface area (Å²) in [5, 5.41) is 1.14. The lowest BCUT2D eigenvalue weighted by Gasteiger charge is -2.17. The molecular formula is C18H18ClN3O3S2. The van der Waals surface area contributed by atoms with Crippen LogP contribution in [0.2, 0.25) is 5.02 Å². The number of amides is 1. The molecule has 0 aliphatic rings. The highest BCUT2D eigenvalue weighted by atomic mass is 35.5. The van der Waals surface area contributed by atoms with E-state index in [1.165, 1.54) is 11.3 Å². The summed E-state index contributed by atoms with van der Waals surface area (Å²) in [4.78, 5) is 29.8. The Hall–Kier alpha value is -2.16. The number of benzene rings is 1. The summed E-state index contributed by atoms with van der Waals surface area (Å²) in [5.74, 6) is 0.0339. The van der Waals surface area contributed by atoms with Gasteiger partial charge in [0.1, 0.15) is 10.6 Å². The molecule has 1 atom stereocenters. The molecule has 0 fully saturated rings. The third-order valence-electron chi connectivity index (χ3n) is 4.03. The average Bonchev–Trinajstić information content (AvgIpc) is 2.96. The third-order valence-corrected chi connectivity index (χ3v) is 5.87. The number of nitrogens with zero attached hydrogens (tertiary/aromatic N) is 1. The van der Waals surface area contributed by atoms with Crippen LogP contribution in [0.4, 0.5) is 0 Å². The third kappa shape index (κ3) is 3.92. The minimum atomic E-state index is -0.841. The van der Waals surface area contributed by atoms with Crippen LogP contribution in [0.3, 0.4) is 0 Å². The number of halogens is 1. The maximum absolute atomic E-state index is 12.6. The average molecular weight is 424 g/mol. The first-order valence-corrected chi connectivity index (χ1v) is 9.77. The fourth-order valence-electron chi connectivity index (χ4n) is 2.67. The molecular weight excluding hydrogens is 406 g/mol. The van der Waals surface area contributed by atoms with Gasteiger partial charge in [-0.25, -0.2) is 0 Å². The van der Waals surface area contributed by atoms with Crippen molar-refractivity contribution in [1.29, 1.82) is 0 Å². The van der Waals surface area contributed by atoms with Gasteiger partial charge in [0.2, 0.25) is 4.77 Å². The molecule has 0 bridgehead atoms. The lowest BCUT2D eigenvalue weighted by molar-refractivity contribution is -0.123. The van der Waals surface area contributed by atoms with E-state index in [0.717, 1.165) is 20.7 Å². The van der Waals surface area contributed by atoms with Gasteiger partial charge in [0.05, 0.1) is 5.39 Å². The van der Waals surface area contributed by atoms with Crippen molar-refractivity contribution < 1.29 is 9.53 Å². The molecule has 2 N–H and O–H groups in total. The number of hydrogen-bond donors (Lipinski definition) is 2. The zero-order valence-corrected chi connectivity index (χ0v) is 17.6. The predicted molar refractivity (Wildman–Crippen MR) is 111 cm³/mol. The Balaban J connectivity index is 1.84. The summed E-state index contributed by atoms with van der Waals surface area (Å²) < 4.78 is 6.86. The van der Waals surface area contributed by atoms with Crippen molar-refractivity contribution in [3.05, 3.63) is 54.4 Å². The number of rotatable bonds is 4. The Morgan fingerprint density at radius 3 is 2.56 bits per heavy atom. The van der Waals surface area contributed by atoms with Crippen molar-refractivity contribution in [3.8, 4) is 5.75 Å². The zero-order chi connectivity index (χ0) is 19.9. The van der Waals surface area contributed by atoms with E-state index in [-0.39, 0.29) is 10.3 Å². The van der Waals surface area contributed by atoms with Crippen LogP contribution in [0, 0.1) is 25.5 Å². The number of hydrogen-bond acceptors (Lipinski definition) is 5. The van der Waals surface area contributed by atoms with Gasteiger partial charge >= 0.3 is 0 Å². The van der Waals surface area contributed by atoms with Crippen LogP contribution in [0.5, 0.6) is 5.75 Å². The number of aryl methyl sites for hydroxylation is 3. The van der Waals surface area contributed by atoms with Crippen LogP contribution >= 0.6 is 35.2 Å². The fourth-order valence-corrected chi connectivity index (χ4v) is 3.97. The van der Waals surface area contributed by atoms with Gasteiger partial charge in [-0.05, 0) is 69.2 Å². The van der Waals surface area contributed by atoms with Crippen molar-refractivity contribution in [2.24, 2.45) is 0 Å². The van der Waals surface area contributed by atoms with Crippen molar-refractivity contribution in [2.45, 2.75) is 33.8 Å². The molecule has 3 aromatic rings. The molecule has 6 nitrogen and oxygen atoms in total. The molecule has 0 aliphatic carbocycles. The van der Waals surface area contributed by atoms with Crippen LogP contribution in [0.1, 0.15) is 22.9 Å². The van der Waals surface area contributed by atoms with Crippen molar-refractivity contribution in [1.82, 2.24) is 9.66 Å². The van der Waals surface area contributed by atoms with Crippen LogP contribution in [-0.2, 0) is 4.79 Å². The second-order valence-electron chi connectivity index (χ2n) is 6.28. The Morgan fingerprint density at radius 1 is 1.30 bits per heavy atom. The molecule has 2 aromatic heterocycles. The van der Waals surface area contributed by atoms with E-state index in [1.54, 1.807) is 25.1 Å².